The van der Waals surface area contributed by atoms with Crippen molar-refractivity contribution in [2.75, 3.05) is 65.2 Å². The Morgan fingerprint density at radius 2 is 1.71 bits per heavy atom. The highest BCUT2D eigenvalue weighted by molar-refractivity contribution is 9.10. The summed E-state index contributed by atoms with van der Waals surface area (Å²) in [6, 6.07) is 13.8. The van der Waals surface area contributed by atoms with Crippen LogP contribution in [0.4, 0.5) is 15.3 Å². The van der Waals surface area contributed by atoms with Gasteiger partial charge in [-0.15, -0.1) is 0 Å². The average molecular weight is 642 g/mol. The number of hydrogen-bond donors (Lipinski definition) is 1. The molecule has 4 amide bonds. The molecule has 0 bridgehead atoms. The number of anilines is 1. The number of para-hydroxylation sites is 1. The number of halogens is 1. The Hall–Kier alpha value is -3.15. The van der Waals surface area contributed by atoms with E-state index < -0.39 is 12.2 Å². The van der Waals surface area contributed by atoms with Crippen LogP contribution < -0.4 is 5.32 Å². The number of hydrazine groups is 1. The number of ether oxygens (including phenoxy) is 1. The highest BCUT2D eigenvalue weighted by Gasteiger charge is 2.35. The number of carbonyl (C=O) groups excluding carboxylic acids is 3. The lowest BCUT2D eigenvalue weighted by Crippen LogP contribution is -2.56. The van der Waals surface area contributed by atoms with Crippen LogP contribution in [0, 0.1) is 6.92 Å². The van der Waals surface area contributed by atoms with Gasteiger partial charge in [0.1, 0.15) is 0 Å². The number of urea groups is 1. The maximum absolute atomic E-state index is 13.7. The molecule has 2 aromatic rings. The summed E-state index contributed by atoms with van der Waals surface area (Å²) in [6.45, 7) is 6.22. The summed E-state index contributed by atoms with van der Waals surface area (Å²) in [6.07, 6.45) is 1.04. The lowest BCUT2D eigenvalue weighted by molar-refractivity contribution is -0.145. The molecule has 0 aliphatic carbocycles. The van der Waals surface area contributed by atoms with Gasteiger partial charge in [0.25, 0.3) is 5.91 Å². The van der Waals surface area contributed by atoms with E-state index in [2.05, 4.69) is 26.3 Å². The van der Waals surface area contributed by atoms with Crippen LogP contribution in [-0.2, 0) is 22.4 Å². The topological polar surface area (TPSA) is 88.7 Å². The number of hydrogen-bond acceptors (Lipinski definition) is 6. The van der Waals surface area contributed by atoms with Crippen molar-refractivity contribution in [3.05, 3.63) is 63.6 Å². The standard InChI is InChI=1S/C31H41BrN6O4/c1-22-8-9-23(20-26(22)32)21-28(29(39)35-16-18-37(19-17-35)34(2)3)42-31(41)36-13-11-25(12-14-36)38-15-10-24-6-4-5-7-27(24)33-30(38)40/h4-9,20,25,28H,10-19,21H2,1-3H3,(H,33,40)/t28-/m1/s1. The zero-order valence-corrected chi connectivity index (χ0v) is 26.3. The number of fused-ring (bicyclic) bond motifs is 1. The highest BCUT2D eigenvalue weighted by Crippen LogP contribution is 2.25. The molecule has 0 saturated carbocycles. The monoisotopic (exact) mass is 640 g/mol. The minimum atomic E-state index is -0.911. The number of nitrogens with zero attached hydrogens (tertiary/aromatic N) is 5. The molecule has 0 unspecified atom stereocenters. The van der Waals surface area contributed by atoms with Gasteiger partial charge in [-0.25, -0.2) is 19.6 Å². The van der Waals surface area contributed by atoms with Crippen molar-refractivity contribution in [1.29, 1.82) is 0 Å². The van der Waals surface area contributed by atoms with Crippen molar-refractivity contribution < 1.29 is 19.1 Å². The number of rotatable bonds is 6. The fourth-order valence-corrected chi connectivity index (χ4v) is 6.40. The molecule has 2 saturated heterocycles. The van der Waals surface area contributed by atoms with Gasteiger partial charge in [-0.05, 0) is 55.0 Å². The van der Waals surface area contributed by atoms with Gasteiger partial charge < -0.3 is 24.8 Å². The maximum Gasteiger partial charge on any atom is 0.410 e. The summed E-state index contributed by atoms with van der Waals surface area (Å²) in [7, 11) is 4.00. The third-order valence-corrected chi connectivity index (χ3v) is 9.47. The molecule has 42 heavy (non-hydrogen) atoms. The first-order valence-corrected chi connectivity index (χ1v) is 15.6. The first kappa shape index (κ1) is 30.3. The minimum Gasteiger partial charge on any atom is -0.436 e. The second-order valence-electron chi connectivity index (χ2n) is 11.5. The summed E-state index contributed by atoms with van der Waals surface area (Å²) >= 11 is 3.59. The number of nitrogens with one attached hydrogen (secondary N) is 1. The lowest BCUT2D eigenvalue weighted by atomic mass is 10.0. The van der Waals surface area contributed by atoms with Crippen LogP contribution in [0.1, 0.15) is 29.5 Å². The molecule has 0 spiro atoms. The largest absolute Gasteiger partial charge is 0.436 e. The van der Waals surface area contributed by atoms with E-state index in [0.717, 1.165) is 46.4 Å². The number of benzene rings is 2. The number of piperidine rings is 1. The van der Waals surface area contributed by atoms with E-state index in [1.165, 1.54) is 0 Å². The molecule has 226 valence electrons. The number of likely N-dealkylation sites (tertiary alicyclic amines) is 1. The van der Waals surface area contributed by atoms with Crippen LogP contribution in [-0.4, -0.2) is 115 Å². The zero-order valence-electron chi connectivity index (χ0n) is 24.7. The van der Waals surface area contributed by atoms with Gasteiger partial charge in [0.2, 0.25) is 0 Å². The molecule has 10 nitrogen and oxygen atoms in total. The molecule has 1 N–H and O–H groups in total. The molecule has 2 fully saturated rings. The van der Waals surface area contributed by atoms with E-state index in [4.69, 9.17) is 4.74 Å². The van der Waals surface area contributed by atoms with E-state index in [9.17, 15) is 14.4 Å². The molecule has 2 aromatic carbocycles. The van der Waals surface area contributed by atoms with Crippen LogP contribution in [0.25, 0.3) is 0 Å². The van der Waals surface area contributed by atoms with Crippen LogP contribution in [0.3, 0.4) is 0 Å². The Labute approximate surface area is 256 Å². The minimum absolute atomic E-state index is 0.0405. The SMILES string of the molecule is Cc1ccc(C[C@@H](OC(=O)N2CCC(N3CCc4ccccc4NC3=O)CC2)C(=O)N2CCN(N(C)C)CC2)cc1Br. The fraction of sp³-hybridized carbons (Fsp3) is 0.516. The normalized spacial score (nSPS) is 19.3. The van der Waals surface area contributed by atoms with Gasteiger partial charge in [-0.1, -0.05) is 46.3 Å². The Bertz CT molecular complexity index is 1290. The fourth-order valence-electron chi connectivity index (χ4n) is 5.97. The number of aryl methyl sites for hydroxylation is 1. The Morgan fingerprint density at radius 1 is 1.00 bits per heavy atom. The molecule has 3 heterocycles. The molecule has 11 heteroatoms. The summed E-state index contributed by atoms with van der Waals surface area (Å²) in [4.78, 5) is 45.5. The van der Waals surface area contributed by atoms with Crippen molar-refractivity contribution in [3.63, 3.8) is 0 Å². The number of piperazine rings is 1. The van der Waals surface area contributed by atoms with Gasteiger partial charge >= 0.3 is 12.1 Å². The average Bonchev–Trinajstić information content (AvgIpc) is 3.16. The van der Waals surface area contributed by atoms with E-state index >= 15 is 0 Å². The molecule has 0 aromatic heterocycles. The van der Waals surface area contributed by atoms with E-state index in [0.29, 0.717) is 52.0 Å². The first-order valence-electron chi connectivity index (χ1n) is 14.8. The van der Waals surface area contributed by atoms with Crippen LogP contribution in [0.15, 0.2) is 46.9 Å². The van der Waals surface area contributed by atoms with Gasteiger partial charge in [-0.3, -0.25) is 4.79 Å². The van der Waals surface area contributed by atoms with E-state index in [1.54, 1.807) is 4.90 Å². The summed E-state index contributed by atoms with van der Waals surface area (Å²) in [5.41, 5.74) is 4.03. The highest BCUT2D eigenvalue weighted by atomic mass is 79.9. The van der Waals surface area contributed by atoms with Crippen molar-refractivity contribution in [2.24, 2.45) is 0 Å². The van der Waals surface area contributed by atoms with Crippen molar-refractivity contribution in [3.8, 4) is 0 Å². The van der Waals surface area contributed by atoms with E-state index in [1.807, 2.05) is 78.3 Å². The molecule has 5 rings (SSSR count). The third-order valence-electron chi connectivity index (χ3n) is 8.61. The molecule has 3 aliphatic rings. The summed E-state index contributed by atoms with van der Waals surface area (Å²) in [5.74, 6) is -0.158. The lowest BCUT2D eigenvalue weighted by Gasteiger charge is -2.39. The van der Waals surface area contributed by atoms with Gasteiger partial charge in [-0.2, -0.15) is 0 Å². The second-order valence-corrected chi connectivity index (χ2v) is 12.4. The quantitative estimate of drug-likeness (QED) is 0.514. The summed E-state index contributed by atoms with van der Waals surface area (Å²) in [5, 5.41) is 7.28. The zero-order chi connectivity index (χ0) is 29.8. The predicted molar refractivity (Wildman–Crippen MR) is 165 cm³/mol. The Balaban J connectivity index is 1.21. The molecule has 0 radical (unpaired) electrons. The maximum atomic E-state index is 13.7. The molecule has 3 aliphatic heterocycles. The third kappa shape index (κ3) is 7.07. The first-order chi connectivity index (χ1) is 20.2. The molecular weight excluding hydrogens is 600 g/mol. The number of carbonyl (C=O) groups is 3. The van der Waals surface area contributed by atoms with Gasteiger partial charge in [0.05, 0.1) is 0 Å². The Kier molecular flexibility index (Phi) is 9.70. The van der Waals surface area contributed by atoms with E-state index in [-0.39, 0.29) is 18.0 Å². The van der Waals surface area contributed by atoms with Crippen molar-refractivity contribution >= 4 is 39.6 Å². The number of amides is 4. The second kappa shape index (κ2) is 13.4. The van der Waals surface area contributed by atoms with Crippen molar-refractivity contribution in [1.82, 2.24) is 24.7 Å². The molecule has 1 atom stereocenters. The van der Waals surface area contributed by atoms with Crippen molar-refractivity contribution in [2.45, 2.75) is 44.8 Å². The summed E-state index contributed by atoms with van der Waals surface area (Å²) < 4.78 is 6.94. The Morgan fingerprint density at radius 3 is 2.40 bits per heavy atom. The van der Waals surface area contributed by atoms with Crippen LogP contribution in [0.2, 0.25) is 0 Å². The molecular formula is C31H41BrN6O4. The van der Waals surface area contributed by atoms with Gasteiger partial charge in [0, 0.05) is 82.5 Å². The smallest absolute Gasteiger partial charge is 0.410 e. The van der Waals surface area contributed by atoms with Crippen LogP contribution >= 0.6 is 15.9 Å². The van der Waals surface area contributed by atoms with Crippen LogP contribution in [0.5, 0.6) is 0 Å². The predicted octanol–water partition coefficient (Wildman–Crippen LogP) is 3.98. The van der Waals surface area contributed by atoms with Gasteiger partial charge in [0.15, 0.2) is 6.10 Å².